The van der Waals surface area contributed by atoms with Crippen LogP contribution in [-0.4, -0.2) is 10.9 Å². The Balaban J connectivity index is 1.30. The molecule has 0 saturated carbocycles. The van der Waals surface area contributed by atoms with Crippen LogP contribution < -0.4 is 5.32 Å². The molecule has 0 aliphatic rings. The Kier molecular flexibility index (Phi) is 5.64. The Bertz CT molecular complexity index is 1450. The number of fused-ring (bicyclic) bond motifs is 2. The number of aromatic nitrogens is 1. The molecular formula is C25H18Cl2N2O2S. The molecule has 32 heavy (non-hydrogen) atoms. The molecule has 2 heterocycles. The Morgan fingerprint density at radius 1 is 1.03 bits per heavy atom. The van der Waals surface area contributed by atoms with E-state index in [2.05, 4.69) is 29.4 Å². The highest BCUT2D eigenvalue weighted by molar-refractivity contribution is 7.21. The molecule has 0 atom stereocenters. The van der Waals surface area contributed by atoms with E-state index in [0.29, 0.717) is 32.9 Å². The van der Waals surface area contributed by atoms with Crippen LogP contribution in [0.2, 0.25) is 10.0 Å². The number of benzene rings is 3. The quantitative estimate of drug-likeness (QED) is 0.279. The highest BCUT2D eigenvalue weighted by atomic mass is 35.5. The molecule has 5 aromatic rings. The second-order valence-corrected chi connectivity index (χ2v) is 9.34. The zero-order valence-corrected chi connectivity index (χ0v) is 19.4. The van der Waals surface area contributed by atoms with Crippen molar-refractivity contribution in [1.29, 1.82) is 0 Å². The number of amides is 1. The molecule has 0 radical (unpaired) electrons. The average molecular weight is 481 g/mol. The second kappa shape index (κ2) is 8.58. The topological polar surface area (TPSA) is 55.1 Å². The first kappa shape index (κ1) is 21.0. The number of thiophene rings is 1. The first-order valence-corrected chi connectivity index (χ1v) is 11.7. The Morgan fingerprint density at radius 3 is 2.59 bits per heavy atom. The minimum Gasteiger partial charge on any atom is -0.440 e. The van der Waals surface area contributed by atoms with Gasteiger partial charge in [0.1, 0.15) is 10.4 Å². The molecule has 0 saturated heterocycles. The van der Waals surface area contributed by atoms with Crippen LogP contribution in [0.4, 0.5) is 5.69 Å². The number of oxazole rings is 1. The molecule has 1 amide bonds. The summed E-state index contributed by atoms with van der Waals surface area (Å²) in [6.45, 7) is 2.12. The van der Waals surface area contributed by atoms with Gasteiger partial charge in [0.05, 0.1) is 5.02 Å². The molecule has 7 heteroatoms. The molecular weight excluding hydrogens is 463 g/mol. The van der Waals surface area contributed by atoms with E-state index in [9.17, 15) is 4.79 Å². The third-order valence-corrected chi connectivity index (χ3v) is 7.16. The molecule has 4 nitrogen and oxygen atoms in total. The van der Waals surface area contributed by atoms with E-state index in [1.807, 2.05) is 42.5 Å². The summed E-state index contributed by atoms with van der Waals surface area (Å²) in [6.07, 6.45) is 1.54. The average Bonchev–Trinajstić information content (AvgIpc) is 3.34. The largest absolute Gasteiger partial charge is 0.440 e. The van der Waals surface area contributed by atoms with Crippen LogP contribution in [0.3, 0.4) is 0 Å². The lowest BCUT2D eigenvalue weighted by molar-refractivity contribution is 0.103. The Labute approximate surface area is 198 Å². The number of anilines is 1. The van der Waals surface area contributed by atoms with Gasteiger partial charge >= 0.3 is 0 Å². The van der Waals surface area contributed by atoms with Crippen molar-refractivity contribution >= 4 is 67.3 Å². The van der Waals surface area contributed by atoms with Gasteiger partial charge in [-0.3, -0.25) is 4.79 Å². The molecule has 5 rings (SSSR count). The molecule has 0 fully saturated rings. The van der Waals surface area contributed by atoms with Gasteiger partial charge in [-0.05, 0) is 53.9 Å². The SMILES string of the molecule is CCc1ccc2oc(Cc3ccc(NC(=O)c4sc5cc(Cl)ccc5c4Cl)cc3)nc2c1. The first-order valence-electron chi connectivity index (χ1n) is 10.2. The minimum absolute atomic E-state index is 0.245. The monoisotopic (exact) mass is 480 g/mol. The fraction of sp³-hybridized carbons (Fsp3) is 0.120. The van der Waals surface area contributed by atoms with Gasteiger partial charge in [-0.15, -0.1) is 11.3 Å². The van der Waals surface area contributed by atoms with Crippen LogP contribution in [0.5, 0.6) is 0 Å². The van der Waals surface area contributed by atoms with Gasteiger partial charge in [0, 0.05) is 27.2 Å². The minimum atomic E-state index is -0.245. The third-order valence-electron chi connectivity index (χ3n) is 5.27. The fourth-order valence-corrected chi connectivity index (χ4v) is 5.26. The maximum absolute atomic E-state index is 12.8. The number of carbonyl (C=O) groups excluding carboxylic acids is 1. The normalized spacial score (nSPS) is 11.3. The molecule has 160 valence electrons. The van der Waals surface area contributed by atoms with E-state index in [1.54, 1.807) is 6.07 Å². The van der Waals surface area contributed by atoms with E-state index in [4.69, 9.17) is 27.6 Å². The van der Waals surface area contributed by atoms with Crippen molar-refractivity contribution in [2.45, 2.75) is 19.8 Å². The summed E-state index contributed by atoms with van der Waals surface area (Å²) in [5.41, 5.74) is 4.64. The third kappa shape index (κ3) is 4.11. The van der Waals surface area contributed by atoms with Crippen molar-refractivity contribution in [3.8, 4) is 0 Å². The number of rotatable bonds is 5. The summed E-state index contributed by atoms with van der Waals surface area (Å²) < 4.78 is 6.75. The maximum Gasteiger partial charge on any atom is 0.267 e. The number of carbonyl (C=O) groups is 1. The molecule has 2 aromatic heterocycles. The Hall–Kier alpha value is -2.86. The van der Waals surface area contributed by atoms with Crippen molar-refractivity contribution in [2.75, 3.05) is 5.32 Å². The molecule has 0 unspecified atom stereocenters. The van der Waals surface area contributed by atoms with Crippen LogP contribution in [0.1, 0.15) is 33.6 Å². The predicted molar refractivity (Wildman–Crippen MR) is 132 cm³/mol. The van der Waals surface area contributed by atoms with Gasteiger partial charge in [0.2, 0.25) is 0 Å². The standard InChI is InChI=1S/C25H18Cl2N2O2S/c1-2-14-5-10-20-19(11-14)29-22(31-20)12-15-3-7-17(8-4-15)28-25(30)24-23(27)18-9-6-16(26)13-21(18)32-24/h3-11,13H,2,12H2,1H3,(H,28,30). The van der Waals surface area contributed by atoms with Crippen molar-refractivity contribution < 1.29 is 9.21 Å². The molecule has 3 aromatic carbocycles. The van der Waals surface area contributed by atoms with Crippen LogP contribution in [-0.2, 0) is 12.8 Å². The second-order valence-electron chi connectivity index (χ2n) is 7.48. The van der Waals surface area contributed by atoms with E-state index >= 15 is 0 Å². The number of hydrogen-bond donors (Lipinski definition) is 1. The molecule has 0 spiro atoms. The summed E-state index contributed by atoms with van der Waals surface area (Å²) in [7, 11) is 0. The van der Waals surface area contributed by atoms with E-state index in [-0.39, 0.29) is 5.91 Å². The van der Waals surface area contributed by atoms with E-state index < -0.39 is 0 Å². The summed E-state index contributed by atoms with van der Waals surface area (Å²) in [6, 6.07) is 19.1. The fourth-order valence-electron chi connectivity index (χ4n) is 3.57. The summed E-state index contributed by atoms with van der Waals surface area (Å²) in [5.74, 6) is 0.423. The van der Waals surface area contributed by atoms with Gasteiger partial charge < -0.3 is 9.73 Å². The van der Waals surface area contributed by atoms with Gasteiger partial charge in [0.15, 0.2) is 11.5 Å². The zero-order valence-electron chi connectivity index (χ0n) is 17.1. The summed E-state index contributed by atoms with van der Waals surface area (Å²) in [4.78, 5) is 17.8. The summed E-state index contributed by atoms with van der Waals surface area (Å²) in [5, 5.41) is 4.80. The molecule has 0 aliphatic carbocycles. The number of aryl methyl sites for hydroxylation is 1. The number of nitrogens with one attached hydrogen (secondary N) is 1. The lowest BCUT2D eigenvalue weighted by Gasteiger charge is -2.05. The Morgan fingerprint density at radius 2 is 1.81 bits per heavy atom. The maximum atomic E-state index is 12.8. The molecule has 1 N–H and O–H groups in total. The van der Waals surface area contributed by atoms with Gasteiger partial charge in [-0.1, -0.05) is 54.4 Å². The lowest BCUT2D eigenvalue weighted by atomic mass is 10.1. The van der Waals surface area contributed by atoms with Gasteiger partial charge in [-0.2, -0.15) is 0 Å². The van der Waals surface area contributed by atoms with E-state index in [1.165, 1.54) is 16.9 Å². The summed E-state index contributed by atoms with van der Waals surface area (Å²) >= 11 is 13.8. The number of nitrogens with zero attached hydrogens (tertiary/aromatic N) is 1. The van der Waals surface area contributed by atoms with Gasteiger partial charge in [0.25, 0.3) is 5.91 Å². The zero-order chi connectivity index (χ0) is 22.2. The lowest BCUT2D eigenvalue weighted by Crippen LogP contribution is -2.10. The molecule has 0 bridgehead atoms. The van der Waals surface area contributed by atoms with Crippen molar-refractivity contribution in [3.05, 3.63) is 92.6 Å². The highest BCUT2D eigenvalue weighted by Crippen LogP contribution is 2.37. The number of halogens is 2. The van der Waals surface area contributed by atoms with Crippen molar-refractivity contribution in [3.63, 3.8) is 0 Å². The van der Waals surface area contributed by atoms with Crippen molar-refractivity contribution in [2.24, 2.45) is 0 Å². The van der Waals surface area contributed by atoms with Crippen LogP contribution in [0.15, 0.2) is 65.1 Å². The van der Waals surface area contributed by atoms with Crippen LogP contribution in [0, 0.1) is 0 Å². The highest BCUT2D eigenvalue weighted by Gasteiger charge is 2.17. The van der Waals surface area contributed by atoms with E-state index in [0.717, 1.165) is 33.2 Å². The number of hydrogen-bond acceptors (Lipinski definition) is 4. The molecule has 0 aliphatic heterocycles. The first-order chi connectivity index (χ1) is 15.5. The van der Waals surface area contributed by atoms with Crippen LogP contribution >= 0.6 is 34.5 Å². The predicted octanol–water partition coefficient (Wildman–Crippen LogP) is 7.75. The van der Waals surface area contributed by atoms with Crippen molar-refractivity contribution in [1.82, 2.24) is 4.98 Å². The van der Waals surface area contributed by atoms with Crippen LogP contribution in [0.25, 0.3) is 21.2 Å². The van der Waals surface area contributed by atoms with Gasteiger partial charge in [-0.25, -0.2) is 4.98 Å². The smallest absolute Gasteiger partial charge is 0.267 e.